The van der Waals surface area contributed by atoms with Crippen LogP contribution >= 0.6 is 0 Å². The molecule has 2 heteroatoms. The molecule has 1 aliphatic rings. The third kappa shape index (κ3) is 2.83. The molecule has 1 unspecified atom stereocenters. The van der Waals surface area contributed by atoms with Crippen LogP contribution in [-0.4, -0.2) is 18.3 Å². The second kappa shape index (κ2) is 4.49. The van der Waals surface area contributed by atoms with E-state index in [2.05, 4.69) is 0 Å². The standard InChI is InChI=1S/C13H16O2/c1-15-12-4-2-3-10(9-12)5-8-13(14)11-6-7-11/h2-5,8-9,11,13-14H,6-7H2,1H3/b8-5+. The highest BCUT2D eigenvalue weighted by Gasteiger charge is 2.27. The van der Waals surface area contributed by atoms with Crippen LogP contribution in [0.3, 0.4) is 0 Å². The van der Waals surface area contributed by atoms with E-state index in [1.165, 1.54) is 0 Å². The van der Waals surface area contributed by atoms with Gasteiger partial charge in [-0.15, -0.1) is 0 Å². The van der Waals surface area contributed by atoms with Crippen molar-refractivity contribution >= 4 is 6.08 Å². The van der Waals surface area contributed by atoms with Crippen molar-refractivity contribution < 1.29 is 9.84 Å². The van der Waals surface area contributed by atoms with E-state index in [1.807, 2.05) is 36.4 Å². The minimum absolute atomic E-state index is 0.281. The van der Waals surface area contributed by atoms with Gasteiger partial charge in [-0.25, -0.2) is 0 Å². The third-order valence-electron chi connectivity index (χ3n) is 2.68. The Morgan fingerprint density at radius 1 is 1.47 bits per heavy atom. The summed E-state index contributed by atoms with van der Waals surface area (Å²) in [6, 6.07) is 7.81. The largest absolute Gasteiger partial charge is 0.497 e. The highest BCUT2D eigenvalue weighted by atomic mass is 16.5. The summed E-state index contributed by atoms with van der Waals surface area (Å²) in [7, 11) is 1.65. The summed E-state index contributed by atoms with van der Waals surface area (Å²) in [5, 5.41) is 9.66. The smallest absolute Gasteiger partial charge is 0.119 e. The van der Waals surface area contributed by atoms with Crippen molar-refractivity contribution in [2.24, 2.45) is 5.92 Å². The number of methoxy groups -OCH3 is 1. The topological polar surface area (TPSA) is 29.5 Å². The Hall–Kier alpha value is -1.28. The van der Waals surface area contributed by atoms with Gasteiger partial charge in [0.1, 0.15) is 5.75 Å². The second-order valence-corrected chi connectivity index (χ2v) is 3.96. The van der Waals surface area contributed by atoms with Crippen LogP contribution in [0.15, 0.2) is 30.3 Å². The Bertz CT molecular complexity index is 353. The molecule has 1 aromatic carbocycles. The van der Waals surface area contributed by atoms with E-state index in [4.69, 9.17) is 4.74 Å². The molecule has 0 amide bonds. The molecule has 0 saturated heterocycles. The molecule has 2 rings (SSSR count). The van der Waals surface area contributed by atoms with E-state index in [1.54, 1.807) is 7.11 Å². The van der Waals surface area contributed by atoms with Gasteiger partial charge in [-0.1, -0.05) is 24.3 Å². The average Bonchev–Trinajstić information content (AvgIpc) is 3.10. The zero-order valence-corrected chi connectivity index (χ0v) is 8.89. The zero-order valence-electron chi connectivity index (χ0n) is 8.89. The van der Waals surface area contributed by atoms with Crippen molar-refractivity contribution in [3.8, 4) is 5.75 Å². The van der Waals surface area contributed by atoms with Crippen LogP contribution in [0.4, 0.5) is 0 Å². The van der Waals surface area contributed by atoms with Crippen molar-refractivity contribution in [1.82, 2.24) is 0 Å². The van der Waals surface area contributed by atoms with Crippen molar-refractivity contribution in [1.29, 1.82) is 0 Å². The first kappa shape index (κ1) is 10.2. The van der Waals surface area contributed by atoms with E-state index in [-0.39, 0.29) is 6.10 Å². The molecule has 0 aliphatic heterocycles. The van der Waals surface area contributed by atoms with E-state index in [0.29, 0.717) is 5.92 Å². The van der Waals surface area contributed by atoms with Gasteiger partial charge < -0.3 is 9.84 Å². The molecule has 1 aliphatic carbocycles. The van der Waals surface area contributed by atoms with Gasteiger partial charge in [0.05, 0.1) is 13.2 Å². The third-order valence-corrected chi connectivity index (χ3v) is 2.68. The van der Waals surface area contributed by atoms with E-state index in [0.717, 1.165) is 24.2 Å². The molecule has 1 fully saturated rings. The fourth-order valence-electron chi connectivity index (χ4n) is 1.55. The van der Waals surface area contributed by atoms with Gasteiger partial charge >= 0.3 is 0 Å². The van der Waals surface area contributed by atoms with Crippen LogP contribution in [-0.2, 0) is 0 Å². The SMILES string of the molecule is COc1cccc(/C=C/C(O)C2CC2)c1. The summed E-state index contributed by atoms with van der Waals surface area (Å²) in [6.07, 6.45) is 5.85. The number of hydrogen-bond acceptors (Lipinski definition) is 2. The maximum atomic E-state index is 9.66. The number of aliphatic hydroxyl groups excluding tert-OH is 1. The molecule has 2 nitrogen and oxygen atoms in total. The Kier molecular flexibility index (Phi) is 3.07. The highest BCUT2D eigenvalue weighted by Crippen LogP contribution is 2.33. The summed E-state index contributed by atoms with van der Waals surface area (Å²) < 4.78 is 5.13. The van der Waals surface area contributed by atoms with Crippen molar-refractivity contribution in [2.45, 2.75) is 18.9 Å². The first-order valence-corrected chi connectivity index (χ1v) is 5.30. The molecule has 0 radical (unpaired) electrons. The summed E-state index contributed by atoms with van der Waals surface area (Å²) in [5.41, 5.74) is 1.06. The van der Waals surface area contributed by atoms with E-state index in [9.17, 15) is 5.11 Å². The lowest BCUT2D eigenvalue weighted by molar-refractivity contribution is 0.200. The Balaban J connectivity index is 2.02. The van der Waals surface area contributed by atoms with E-state index < -0.39 is 0 Å². The molecule has 0 heterocycles. The van der Waals surface area contributed by atoms with Crippen LogP contribution < -0.4 is 4.74 Å². The molecular formula is C13H16O2. The summed E-state index contributed by atoms with van der Waals surface area (Å²) in [6.45, 7) is 0. The maximum Gasteiger partial charge on any atom is 0.119 e. The lowest BCUT2D eigenvalue weighted by atomic mass is 10.1. The predicted molar refractivity (Wildman–Crippen MR) is 60.8 cm³/mol. The molecular weight excluding hydrogens is 188 g/mol. The maximum absolute atomic E-state index is 9.66. The van der Waals surface area contributed by atoms with Crippen molar-refractivity contribution in [3.05, 3.63) is 35.9 Å². The summed E-state index contributed by atoms with van der Waals surface area (Å²) >= 11 is 0. The van der Waals surface area contributed by atoms with Crippen LogP contribution in [0.5, 0.6) is 5.75 Å². The minimum Gasteiger partial charge on any atom is -0.497 e. The molecule has 80 valence electrons. The fraction of sp³-hybridized carbons (Fsp3) is 0.385. The van der Waals surface area contributed by atoms with Gasteiger partial charge in [-0.05, 0) is 36.5 Å². The van der Waals surface area contributed by atoms with Crippen molar-refractivity contribution in [3.63, 3.8) is 0 Å². The number of hydrogen-bond donors (Lipinski definition) is 1. The van der Waals surface area contributed by atoms with Gasteiger partial charge in [0.2, 0.25) is 0 Å². The highest BCUT2D eigenvalue weighted by molar-refractivity contribution is 5.52. The summed E-state index contributed by atoms with van der Waals surface area (Å²) in [5.74, 6) is 1.34. The number of ether oxygens (including phenoxy) is 1. The lowest BCUT2D eigenvalue weighted by Gasteiger charge is -2.02. The second-order valence-electron chi connectivity index (χ2n) is 3.96. The zero-order chi connectivity index (χ0) is 10.7. The molecule has 15 heavy (non-hydrogen) atoms. The Morgan fingerprint density at radius 2 is 2.27 bits per heavy atom. The Labute approximate surface area is 90.2 Å². The minimum atomic E-state index is -0.281. The average molecular weight is 204 g/mol. The number of rotatable bonds is 4. The molecule has 1 N–H and O–H groups in total. The Morgan fingerprint density at radius 3 is 2.93 bits per heavy atom. The monoisotopic (exact) mass is 204 g/mol. The van der Waals surface area contributed by atoms with Gasteiger partial charge in [-0.3, -0.25) is 0 Å². The first-order chi connectivity index (χ1) is 7.29. The van der Waals surface area contributed by atoms with Gasteiger partial charge in [0, 0.05) is 0 Å². The molecule has 0 spiro atoms. The van der Waals surface area contributed by atoms with Gasteiger partial charge in [-0.2, -0.15) is 0 Å². The van der Waals surface area contributed by atoms with Gasteiger partial charge in [0.15, 0.2) is 0 Å². The number of benzene rings is 1. The first-order valence-electron chi connectivity index (χ1n) is 5.30. The number of aliphatic hydroxyl groups is 1. The quantitative estimate of drug-likeness (QED) is 0.816. The summed E-state index contributed by atoms with van der Waals surface area (Å²) in [4.78, 5) is 0. The molecule has 0 aromatic heterocycles. The van der Waals surface area contributed by atoms with Crippen LogP contribution in [0, 0.1) is 5.92 Å². The fourth-order valence-corrected chi connectivity index (χ4v) is 1.55. The van der Waals surface area contributed by atoms with Crippen LogP contribution in [0.2, 0.25) is 0 Å². The normalized spacial score (nSPS) is 18.0. The van der Waals surface area contributed by atoms with Gasteiger partial charge in [0.25, 0.3) is 0 Å². The van der Waals surface area contributed by atoms with Crippen molar-refractivity contribution in [2.75, 3.05) is 7.11 Å². The lowest BCUT2D eigenvalue weighted by Crippen LogP contribution is -2.03. The predicted octanol–water partition coefficient (Wildman–Crippen LogP) is 2.48. The molecule has 1 saturated carbocycles. The molecule has 1 atom stereocenters. The molecule has 0 bridgehead atoms. The molecule has 1 aromatic rings. The van der Waals surface area contributed by atoms with E-state index >= 15 is 0 Å². The van der Waals surface area contributed by atoms with Crippen LogP contribution in [0.25, 0.3) is 6.08 Å². The van der Waals surface area contributed by atoms with Crippen LogP contribution in [0.1, 0.15) is 18.4 Å².